The number of carbonyl (C=O) groups is 1. The van der Waals surface area contributed by atoms with Crippen molar-refractivity contribution in [3.63, 3.8) is 0 Å². The average Bonchev–Trinajstić information content (AvgIpc) is 3.24. The smallest absolute Gasteiger partial charge is 0.194 e. The molecule has 0 bridgehead atoms. The third kappa shape index (κ3) is 3.89. The van der Waals surface area contributed by atoms with Crippen LogP contribution < -0.4 is 18.9 Å². The van der Waals surface area contributed by atoms with E-state index in [9.17, 15) is 4.79 Å². The molecule has 5 heteroatoms. The van der Waals surface area contributed by atoms with E-state index in [2.05, 4.69) is 18.2 Å². The Labute approximate surface area is 210 Å². The van der Waals surface area contributed by atoms with Crippen molar-refractivity contribution in [1.82, 2.24) is 0 Å². The maximum Gasteiger partial charge on any atom is 0.194 e. The number of Topliss-reactive ketones (excluding diaryl/α,β-unsaturated/α-hetero) is 1. The SMILES string of the molecule is COc1ccc(C2=C(c3ccc(OC)c(OC)c3)c3cc(-c4ccccc4)ccc3C2=O)cc1OC. The molecule has 5 rings (SSSR count). The van der Waals surface area contributed by atoms with Gasteiger partial charge in [0, 0.05) is 16.7 Å². The van der Waals surface area contributed by atoms with Gasteiger partial charge in [-0.05, 0) is 64.2 Å². The number of ether oxygens (including phenoxy) is 4. The Balaban J connectivity index is 1.78. The fourth-order valence-corrected chi connectivity index (χ4v) is 4.70. The first kappa shape index (κ1) is 23.2. The highest BCUT2D eigenvalue weighted by atomic mass is 16.5. The standard InChI is InChI=1S/C31H26O5/c1-33-25-14-11-21(17-27(25)35-3)29-24-16-20(19-8-6-5-7-9-19)10-13-23(24)31(32)30(29)22-12-15-26(34-2)28(18-22)36-4/h5-18H,1-4H3. The van der Waals surface area contributed by atoms with Crippen molar-refractivity contribution >= 4 is 16.9 Å². The van der Waals surface area contributed by atoms with Gasteiger partial charge in [-0.2, -0.15) is 0 Å². The maximum atomic E-state index is 13.9. The van der Waals surface area contributed by atoms with Gasteiger partial charge in [-0.3, -0.25) is 4.79 Å². The number of carbonyl (C=O) groups excluding carboxylic acids is 1. The number of hydrogen-bond acceptors (Lipinski definition) is 5. The molecule has 0 amide bonds. The van der Waals surface area contributed by atoms with Crippen molar-refractivity contribution < 1.29 is 23.7 Å². The Morgan fingerprint density at radius 3 is 1.53 bits per heavy atom. The van der Waals surface area contributed by atoms with Gasteiger partial charge in [-0.1, -0.05) is 48.5 Å². The van der Waals surface area contributed by atoms with Gasteiger partial charge in [0.05, 0.1) is 28.4 Å². The van der Waals surface area contributed by atoms with Crippen molar-refractivity contribution in [3.8, 4) is 34.1 Å². The third-order valence-electron chi connectivity index (χ3n) is 6.46. The van der Waals surface area contributed by atoms with E-state index in [0.717, 1.165) is 33.4 Å². The number of hydrogen-bond donors (Lipinski definition) is 0. The Kier molecular flexibility index (Phi) is 6.21. The van der Waals surface area contributed by atoms with Crippen LogP contribution in [0.3, 0.4) is 0 Å². The summed E-state index contributed by atoms with van der Waals surface area (Å²) >= 11 is 0. The van der Waals surface area contributed by atoms with Gasteiger partial charge in [0.1, 0.15) is 0 Å². The van der Waals surface area contributed by atoms with E-state index in [0.29, 0.717) is 34.1 Å². The van der Waals surface area contributed by atoms with Gasteiger partial charge in [-0.25, -0.2) is 0 Å². The molecule has 0 saturated carbocycles. The van der Waals surface area contributed by atoms with Crippen molar-refractivity contribution in [1.29, 1.82) is 0 Å². The number of rotatable bonds is 7. The molecule has 0 fully saturated rings. The van der Waals surface area contributed by atoms with Crippen LogP contribution in [0.1, 0.15) is 27.0 Å². The number of fused-ring (bicyclic) bond motifs is 1. The summed E-state index contributed by atoms with van der Waals surface area (Å²) in [6.07, 6.45) is 0. The highest BCUT2D eigenvalue weighted by Crippen LogP contribution is 2.46. The largest absolute Gasteiger partial charge is 0.493 e. The van der Waals surface area contributed by atoms with E-state index in [1.807, 2.05) is 66.7 Å². The van der Waals surface area contributed by atoms with E-state index in [1.165, 1.54) is 0 Å². The first-order valence-corrected chi connectivity index (χ1v) is 11.5. The fourth-order valence-electron chi connectivity index (χ4n) is 4.70. The molecule has 0 aliphatic heterocycles. The molecule has 1 aliphatic carbocycles. The second-order valence-electron chi connectivity index (χ2n) is 8.35. The lowest BCUT2D eigenvalue weighted by atomic mass is 9.92. The molecule has 36 heavy (non-hydrogen) atoms. The number of allylic oxidation sites excluding steroid dienone is 1. The van der Waals surface area contributed by atoms with Gasteiger partial charge >= 0.3 is 0 Å². The normalized spacial score (nSPS) is 12.4. The predicted octanol–water partition coefficient (Wildman–Crippen LogP) is 6.54. The van der Waals surface area contributed by atoms with E-state index in [-0.39, 0.29) is 5.78 Å². The van der Waals surface area contributed by atoms with Crippen LogP contribution in [-0.4, -0.2) is 34.2 Å². The van der Waals surface area contributed by atoms with Gasteiger partial charge in [0.2, 0.25) is 0 Å². The summed E-state index contributed by atoms with van der Waals surface area (Å²) < 4.78 is 22.0. The minimum Gasteiger partial charge on any atom is -0.493 e. The number of ketones is 1. The van der Waals surface area contributed by atoms with Gasteiger partial charge in [0.25, 0.3) is 0 Å². The van der Waals surface area contributed by atoms with E-state index < -0.39 is 0 Å². The van der Waals surface area contributed by atoms with Gasteiger partial charge in [-0.15, -0.1) is 0 Å². The molecule has 0 atom stereocenters. The van der Waals surface area contributed by atoms with Crippen LogP contribution in [0.15, 0.2) is 84.9 Å². The van der Waals surface area contributed by atoms with E-state index in [1.54, 1.807) is 28.4 Å². The molecule has 0 N–H and O–H groups in total. The first-order chi connectivity index (χ1) is 17.6. The zero-order valence-corrected chi connectivity index (χ0v) is 20.6. The molecular weight excluding hydrogens is 452 g/mol. The first-order valence-electron chi connectivity index (χ1n) is 11.5. The molecule has 5 nitrogen and oxygen atoms in total. The zero-order chi connectivity index (χ0) is 25.2. The van der Waals surface area contributed by atoms with Crippen molar-refractivity contribution in [2.45, 2.75) is 0 Å². The van der Waals surface area contributed by atoms with Crippen molar-refractivity contribution in [3.05, 3.63) is 107 Å². The molecule has 0 spiro atoms. The topological polar surface area (TPSA) is 54.0 Å². The van der Waals surface area contributed by atoms with E-state index >= 15 is 0 Å². The van der Waals surface area contributed by atoms with Crippen LogP contribution in [0.4, 0.5) is 0 Å². The minimum atomic E-state index is -0.0402. The van der Waals surface area contributed by atoms with Crippen LogP contribution in [0.2, 0.25) is 0 Å². The Morgan fingerprint density at radius 1 is 0.444 bits per heavy atom. The van der Waals surface area contributed by atoms with Crippen LogP contribution in [0.25, 0.3) is 22.3 Å². The van der Waals surface area contributed by atoms with Crippen LogP contribution in [0.5, 0.6) is 23.0 Å². The molecule has 0 radical (unpaired) electrons. The van der Waals surface area contributed by atoms with Crippen molar-refractivity contribution in [2.75, 3.05) is 28.4 Å². The molecule has 180 valence electrons. The predicted molar refractivity (Wildman–Crippen MR) is 141 cm³/mol. The second kappa shape index (κ2) is 9.62. The summed E-state index contributed by atoms with van der Waals surface area (Å²) in [5.74, 6) is 2.33. The fraction of sp³-hybridized carbons (Fsp3) is 0.129. The van der Waals surface area contributed by atoms with Crippen LogP contribution in [-0.2, 0) is 0 Å². The molecule has 1 aliphatic rings. The highest BCUT2D eigenvalue weighted by molar-refractivity contribution is 6.41. The summed E-state index contributed by atoms with van der Waals surface area (Å²) in [5, 5.41) is 0. The summed E-state index contributed by atoms with van der Waals surface area (Å²) in [4.78, 5) is 13.9. The molecule has 0 aromatic heterocycles. The quantitative estimate of drug-likeness (QED) is 0.302. The summed E-state index contributed by atoms with van der Waals surface area (Å²) in [6, 6.07) is 27.4. The molecule has 0 unspecified atom stereocenters. The Hall–Kier alpha value is -4.51. The molecule has 0 heterocycles. The summed E-state index contributed by atoms with van der Waals surface area (Å²) in [5.41, 5.74) is 6.69. The molecule has 4 aromatic carbocycles. The minimum absolute atomic E-state index is 0.0402. The highest BCUT2D eigenvalue weighted by Gasteiger charge is 2.32. The van der Waals surface area contributed by atoms with Crippen LogP contribution >= 0.6 is 0 Å². The lowest BCUT2D eigenvalue weighted by molar-refractivity contribution is 0.105. The Bertz CT molecular complexity index is 1480. The third-order valence-corrected chi connectivity index (χ3v) is 6.46. The second-order valence-corrected chi connectivity index (χ2v) is 8.35. The lowest BCUT2D eigenvalue weighted by Gasteiger charge is -2.14. The van der Waals surface area contributed by atoms with Crippen molar-refractivity contribution in [2.24, 2.45) is 0 Å². The van der Waals surface area contributed by atoms with Gasteiger partial charge < -0.3 is 18.9 Å². The monoisotopic (exact) mass is 478 g/mol. The number of benzene rings is 4. The zero-order valence-electron chi connectivity index (χ0n) is 20.6. The molecule has 0 saturated heterocycles. The van der Waals surface area contributed by atoms with Crippen LogP contribution in [0, 0.1) is 0 Å². The summed E-state index contributed by atoms with van der Waals surface area (Å²) in [6.45, 7) is 0. The van der Waals surface area contributed by atoms with Gasteiger partial charge in [0.15, 0.2) is 28.8 Å². The Morgan fingerprint density at radius 2 is 0.972 bits per heavy atom. The molecular formula is C31H26O5. The summed E-state index contributed by atoms with van der Waals surface area (Å²) in [7, 11) is 6.38. The maximum absolute atomic E-state index is 13.9. The molecule has 4 aromatic rings. The number of methoxy groups -OCH3 is 4. The lowest BCUT2D eigenvalue weighted by Crippen LogP contribution is -2.00. The van der Waals surface area contributed by atoms with E-state index in [4.69, 9.17) is 18.9 Å². The average molecular weight is 479 g/mol.